The molecule has 4 rings (SSSR count). The van der Waals surface area contributed by atoms with Crippen molar-refractivity contribution in [3.8, 4) is 11.4 Å². The number of fused-ring (bicyclic) bond motifs is 1. The molecular formula is C16H10BrN3OS2. The lowest BCUT2D eigenvalue weighted by molar-refractivity contribution is 0.937. The summed E-state index contributed by atoms with van der Waals surface area (Å²) in [6, 6.07) is 9.76. The van der Waals surface area contributed by atoms with E-state index in [0.717, 1.165) is 14.9 Å². The standard InChI is InChI=1S/C16H10BrN3OS2/c1-9-6-7-22-12(9)8-13-15(21)20-16(23-13)18-14(19-20)10-2-4-11(17)5-3-10/h2-8H,1H3/b13-8+. The van der Waals surface area contributed by atoms with Gasteiger partial charge in [-0.05, 0) is 42.1 Å². The van der Waals surface area contributed by atoms with Crippen LogP contribution in [0.2, 0.25) is 0 Å². The van der Waals surface area contributed by atoms with E-state index in [1.54, 1.807) is 11.3 Å². The first kappa shape index (κ1) is 14.7. The van der Waals surface area contributed by atoms with Crippen molar-refractivity contribution < 1.29 is 0 Å². The molecule has 0 N–H and O–H groups in total. The van der Waals surface area contributed by atoms with Crippen LogP contribution in [0.3, 0.4) is 0 Å². The molecule has 3 heterocycles. The van der Waals surface area contributed by atoms with Crippen LogP contribution in [0.25, 0.3) is 22.4 Å². The molecule has 7 heteroatoms. The molecule has 23 heavy (non-hydrogen) atoms. The zero-order valence-electron chi connectivity index (χ0n) is 12.0. The third kappa shape index (κ3) is 2.65. The zero-order chi connectivity index (χ0) is 16.0. The SMILES string of the molecule is Cc1ccsc1/C=c1/sc2nc(-c3ccc(Br)cc3)nn2c1=O. The minimum absolute atomic E-state index is 0.117. The van der Waals surface area contributed by atoms with Crippen LogP contribution in [-0.2, 0) is 0 Å². The van der Waals surface area contributed by atoms with E-state index >= 15 is 0 Å². The number of hydrogen-bond acceptors (Lipinski definition) is 5. The molecule has 0 unspecified atom stereocenters. The number of benzene rings is 1. The number of thiazole rings is 1. The fourth-order valence-corrected chi connectivity index (χ4v) is 4.29. The lowest BCUT2D eigenvalue weighted by atomic mass is 10.2. The zero-order valence-corrected chi connectivity index (χ0v) is 15.2. The highest BCUT2D eigenvalue weighted by Gasteiger charge is 2.12. The van der Waals surface area contributed by atoms with Crippen molar-refractivity contribution in [1.82, 2.24) is 14.6 Å². The second kappa shape index (κ2) is 5.67. The number of hydrogen-bond donors (Lipinski definition) is 0. The largest absolute Gasteiger partial charge is 0.291 e. The van der Waals surface area contributed by atoms with Crippen molar-refractivity contribution in [3.63, 3.8) is 0 Å². The van der Waals surface area contributed by atoms with Crippen LogP contribution < -0.4 is 10.1 Å². The number of rotatable bonds is 2. The minimum atomic E-state index is -0.117. The van der Waals surface area contributed by atoms with E-state index in [1.165, 1.54) is 21.4 Å². The summed E-state index contributed by atoms with van der Waals surface area (Å²) in [5.74, 6) is 0.569. The van der Waals surface area contributed by atoms with E-state index in [-0.39, 0.29) is 5.56 Å². The Labute approximate surface area is 147 Å². The molecule has 0 saturated carbocycles. The first-order chi connectivity index (χ1) is 11.1. The number of aromatic nitrogens is 3. The fourth-order valence-electron chi connectivity index (χ4n) is 2.21. The van der Waals surface area contributed by atoms with Gasteiger partial charge in [0.15, 0.2) is 5.82 Å². The Morgan fingerprint density at radius 3 is 2.65 bits per heavy atom. The van der Waals surface area contributed by atoms with Gasteiger partial charge >= 0.3 is 0 Å². The van der Waals surface area contributed by atoms with Crippen LogP contribution >= 0.6 is 38.6 Å². The van der Waals surface area contributed by atoms with Gasteiger partial charge in [0.1, 0.15) is 0 Å². The normalized spacial score (nSPS) is 12.3. The fraction of sp³-hybridized carbons (Fsp3) is 0.0625. The Morgan fingerprint density at radius 2 is 2.00 bits per heavy atom. The summed E-state index contributed by atoms with van der Waals surface area (Å²) < 4.78 is 3.04. The third-order valence-electron chi connectivity index (χ3n) is 3.45. The van der Waals surface area contributed by atoms with Crippen LogP contribution in [0.15, 0.2) is 45.0 Å². The van der Waals surface area contributed by atoms with Gasteiger partial charge in [-0.25, -0.2) is 0 Å². The van der Waals surface area contributed by atoms with Crippen molar-refractivity contribution in [3.05, 3.63) is 65.5 Å². The highest BCUT2D eigenvalue weighted by Crippen LogP contribution is 2.20. The highest BCUT2D eigenvalue weighted by molar-refractivity contribution is 9.10. The molecule has 0 spiro atoms. The molecule has 0 aliphatic rings. The lowest BCUT2D eigenvalue weighted by Crippen LogP contribution is -2.23. The van der Waals surface area contributed by atoms with E-state index in [0.29, 0.717) is 15.3 Å². The van der Waals surface area contributed by atoms with Gasteiger partial charge in [0, 0.05) is 14.9 Å². The van der Waals surface area contributed by atoms with Crippen LogP contribution in [0, 0.1) is 6.92 Å². The smallest absolute Gasteiger partial charge is 0.266 e. The molecule has 4 aromatic rings. The summed E-state index contributed by atoms with van der Waals surface area (Å²) in [6.45, 7) is 2.04. The predicted molar refractivity (Wildman–Crippen MR) is 98.1 cm³/mol. The summed E-state index contributed by atoms with van der Waals surface area (Å²) >= 11 is 6.40. The lowest BCUT2D eigenvalue weighted by Gasteiger charge is -1.94. The average Bonchev–Trinajstić information content (AvgIpc) is 3.20. The molecule has 1 aromatic carbocycles. The Kier molecular flexibility index (Phi) is 3.63. The molecule has 0 saturated heterocycles. The monoisotopic (exact) mass is 403 g/mol. The number of nitrogens with zero attached hydrogens (tertiary/aromatic N) is 3. The summed E-state index contributed by atoms with van der Waals surface area (Å²) in [6.07, 6.45) is 1.92. The Hall–Kier alpha value is -1.83. The van der Waals surface area contributed by atoms with Gasteiger partial charge in [-0.1, -0.05) is 39.4 Å². The first-order valence-electron chi connectivity index (χ1n) is 6.83. The second-order valence-electron chi connectivity index (χ2n) is 5.02. The van der Waals surface area contributed by atoms with Crippen molar-refractivity contribution in [2.45, 2.75) is 6.92 Å². The van der Waals surface area contributed by atoms with Gasteiger partial charge in [0.05, 0.1) is 4.53 Å². The van der Waals surface area contributed by atoms with Crippen molar-refractivity contribution in [2.75, 3.05) is 0 Å². The quantitative estimate of drug-likeness (QED) is 0.514. The molecule has 0 fully saturated rings. The molecule has 3 aromatic heterocycles. The number of thiophene rings is 1. The minimum Gasteiger partial charge on any atom is -0.266 e. The van der Waals surface area contributed by atoms with Gasteiger partial charge in [-0.3, -0.25) is 4.79 Å². The molecule has 0 bridgehead atoms. The molecule has 0 aliphatic heterocycles. The maximum atomic E-state index is 12.5. The van der Waals surface area contributed by atoms with E-state index < -0.39 is 0 Å². The summed E-state index contributed by atoms with van der Waals surface area (Å²) in [5, 5.41) is 6.38. The molecule has 0 radical (unpaired) electrons. The Morgan fingerprint density at radius 1 is 1.22 bits per heavy atom. The van der Waals surface area contributed by atoms with E-state index in [2.05, 4.69) is 26.0 Å². The molecule has 4 nitrogen and oxygen atoms in total. The van der Waals surface area contributed by atoms with Crippen molar-refractivity contribution >= 4 is 49.6 Å². The van der Waals surface area contributed by atoms with Gasteiger partial charge in [0.25, 0.3) is 5.56 Å². The summed E-state index contributed by atoms with van der Waals surface area (Å²) in [4.78, 5) is 18.7. The van der Waals surface area contributed by atoms with Gasteiger partial charge in [-0.15, -0.1) is 16.4 Å². The Bertz CT molecular complexity index is 1110. The molecule has 114 valence electrons. The maximum Gasteiger partial charge on any atom is 0.291 e. The van der Waals surface area contributed by atoms with Gasteiger partial charge in [0.2, 0.25) is 4.96 Å². The second-order valence-corrected chi connectivity index (χ2v) is 7.89. The number of aryl methyl sites for hydroxylation is 1. The average molecular weight is 404 g/mol. The van der Waals surface area contributed by atoms with Crippen LogP contribution in [0.5, 0.6) is 0 Å². The summed E-state index contributed by atoms with van der Waals surface area (Å²) in [7, 11) is 0. The summed E-state index contributed by atoms with van der Waals surface area (Å²) in [5.41, 5.74) is 1.95. The topological polar surface area (TPSA) is 47.3 Å². The third-order valence-corrected chi connectivity index (χ3v) is 5.90. The van der Waals surface area contributed by atoms with Crippen molar-refractivity contribution in [2.24, 2.45) is 0 Å². The number of halogens is 1. The van der Waals surface area contributed by atoms with Crippen LogP contribution in [-0.4, -0.2) is 14.6 Å². The maximum absolute atomic E-state index is 12.5. The van der Waals surface area contributed by atoms with E-state index in [4.69, 9.17) is 0 Å². The molecule has 0 atom stereocenters. The highest BCUT2D eigenvalue weighted by atomic mass is 79.9. The van der Waals surface area contributed by atoms with E-state index in [9.17, 15) is 4.79 Å². The Balaban J connectivity index is 1.84. The van der Waals surface area contributed by atoms with Crippen molar-refractivity contribution in [1.29, 1.82) is 0 Å². The molecule has 0 aliphatic carbocycles. The van der Waals surface area contributed by atoms with Crippen LogP contribution in [0.1, 0.15) is 10.4 Å². The molecular weight excluding hydrogens is 394 g/mol. The van der Waals surface area contributed by atoms with Crippen LogP contribution in [0.4, 0.5) is 0 Å². The molecule has 0 amide bonds. The van der Waals surface area contributed by atoms with E-state index in [1.807, 2.05) is 48.7 Å². The first-order valence-corrected chi connectivity index (χ1v) is 9.32. The van der Waals surface area contributed by atoms with Gasteiger partial charge in [-0.2, -0.15) is 9.50 Å². The van der Waals surface area contributed by atoms with Gasteiger partial charge < -0.3 is 0 Å². The predicted octanol–water partition coefficient (Wildman–Crippen LogP) is 3.50.